The fourth-order valence-corrected chi connectivity index (χ4v) is 4.31. The SMILES string of the molecule is CCCCOc1cn(CC2(c3ccccc3)CCC(O)CC2)cc(C(=O)OCC)c1=O. The monoisotopic (exact) mass is 427 g/mol. The standard InChI is InChI=1S/C25H33NO5/c1-3-5-15-31-22-17-26(16-21(23(22)28)24(29)30-4-2)18-25(13-11-20(27)12-14-25)19-9-7-6-8-10-19/h6-10,16-17,20,27H,3-5,11-15,18H2,1-2H3. The van der Waals surface area contributed by atoms with Gasteiger partial charge in [-0.25, -0.2) is 4.79 Å². The van der Waals surface area contributed by atoms with Crippen molar-refractivity contribution >= 4 is 5.97 Å². The number of carbonyl (C=O) groups is 1. The van der Waals surface area contributed by atoms with Gasteiger partial charge in [0.1, 0.15) is 5.56 Å². The van der Waals surface area contributed by atoms with E-state index in [1.54, 1.807) is 19.3 Å². The largest absolute Gasteiger partial charge is 0.488 e. The van der Waals surface area contributed by atoms with Gasteiger partial charge in [0.2, 0.25) is 5.43 Å². The topological polar surface area (TPSA) is 77.8 Å². The summed E-state index contributed by atoms with van der Waals surface area (Å²) in [5.41, 5.74) is 0.572. The van der Waals surface area contributed by atoms with E-state index in [0.29, 0.717) is 13.2 Å². The maximum atomic E-state index is 12.8. The molecule has 31 heavy (non-hydrogen) atoms. The lowest BCUT2D eigenvalue weighted by molar-refractivity contribution is 0.0522. The number of unbranched alkanes of at least 4 members (excludes halogenated alkanes) is 1. The summed E-state index contributed by atoms with van der Waals surface area (Å²) in [6.45, 7) is 4.98. The summed E-state index contributed by atoms with van der Waals surface area (Å²) in [5.74, 6) is -0.451. The molecule has 0 atom stereocenters. The van der Waals surface area contributed by atoms with Gasteiger partial charge in [-0.15, -0.1) is 0 Å². The van der Waals surface area contributed by atoms with Gasteiger partial charge in [-0.1, -0.05) is 43.7 Å². The quantitative estimate of drug-likeness (QED) is 0.482. The molecule has 1 N–H and O–H groups in total. The molecule has 168 valence electrons. The molecular formula is C25H33NO5. The summed E-state index contributed by atoms with van der Waals surface area (Å²) >= 11 is 0. The molecule has 0 aliphatic heterocycles. The Kier molecular flexibility index (Phi) is 7.91. The molecule has 1 aromatic heterocycles. The predicted molar refractivity (Wildman–Crippen MR) is 120 cm³/mol. The van der Waals surface area contributed by atoms with Gasteiger partial charge in [0.15, 0.2) is 5.75 Å². The Hall–Kier alpha value is -2.60. The third kappa shape index (κ3) is 5.56. The van der Waals surface area contributed by atoms with Crippen molar-refractivity contribution < 1.29 is 19.4 Å². The van der Waals surface area contributed by atoms with Crippen molar-refractivity contribution in [1.29, 1.82) is 0 Å². The lowest BCUT2D eigenvalue weighted by Gasteiger charge is -2.40. The Balaban J connectivity index is 2.00. The van der Waals surface area contributed by atoms with Gasteiger partial charge >= 0.3 is 5.97 Å². The number of ether oxygens (including phenoxy) is 2. The molecule has 0 bridgehead atoms. The Morgan fingerprint density at radius 1 is 1.16 bits per heavy atom. The number of aliphatic hydroxyl groups is 1. The second-order valence-electron chi connectivity index (χ2n) is 8.34. The second-order valence-corrected chi connectivity index (χ2v) is 8.34. The van der Waals surface area contributed by atoms with Crippen molar-refractivity contribution in [3.63, 3.8) is 0 Å². The van der Waals surface area contributed by atoms with Gasteiger partial charge < -0.3 is 19.1 Å². The predicted octanol–water partition coefficient (Wildman–Crippen LogP) is 4.08. The van der Waals surface area contributed by atoms with Crippen molar-refractivity contribution in [2.24, 2.45) is 0 Å². The van der Waals surface area contributed by atoms with E-state index in [1.807, 2.05) is 22.8 Å². The maximum Gasteiger partial charge on any atom is 0.343 e. The van der Waals surface area contributed by atoms with Gasteiger partial charge in [0.25, 0.3) is 0 Å². The fourth-order valence-electron chi connectivity index (χ4n) is 4.31. The van der Waals surface area contributed by atoms with Crippen LogP contribution in [0.2, 0.25) is 0 Å². The zero-order chi connectivity index (χ0) is 22.3. The molecule has 1 aliphatic carbocycles. The molecule has 0 amide bonds. The number of rotatable bonds is 9. The lowest BCUT2D eigenvalue weighted by atomic mass is 9.68. The van der Waals surface area contributed by atoms with Gasteiger partial charge in [-0.05, 0) is 44.6 Å². The zero-order valence-corrected chi connectivity index (χ0v) is 18.5. The van der Waals surface area contributed by atoms with Crippen LogP contribution in [0.25, 0.3) is 0 Å². The number of benzene rings is 1. The number of nitrogens with zero attached hydrogens (tertiary/aromatic N) is 1. The number of aliphatic hydroxyl groups excluding tert-OH is 1. The minimum Gasteiger partial charge on any atom is -0.488 e. The molecule has 1 aromatic carbocycles. The Bertz CT molecular complexity index is 913. The third-order valence-electron chi connectivity index (χ3n) is 6.08. The third-order valence-corrected chi connectivity index (χ3v) is 6.08. The molecule has 1 fully saturated rings. The van der Waals surface area contributed by atoms with E-state index in [2.05, 4.69) is 19.1 Å². The van der Waals surface area contributed by atoms with Crippen molar-refractivity contribution in [2.45, 2.75) is 70.4 Å². The number of esters is 1. The van der Waals surface area contributed by atoms with Crippen LogP contribution in [0, 0.1) is 0 Å². The van der Waals surface area contributed by atoms with Crippen LogP contribution in [0.1, 0.15) is 68.3 Å². The van der Waals surface area contributed by atoms with E-state index in [9.17, 15) is 14.7 Å². The van der Waals surface area contributed by atoms with E-state index >= 15 is 0 Å². The molecule has 1 heterocycles. The molecule has 0 spiro atoms. The second kappa shape index (κ2) is 10.6. The molecular weight excluding hydrogens is 394 g/mol. The van der Waals surface area contributed by atoms with E-state index in [-0.39, 0.29) is 29.4 Å². The van der Waals surface area contributed by atoms with Crippen molar-refractivity contribution in [3.05, 3.63) is 64.1 Å². The average Bonchev–Trinajstić information content (AvgIpc) is 2.78. The zero-order valence-electron chi connectivity index (χ0n) is 18.5. The van der Waals surface area contributed by atoms with E-state index < -0.39 is 11.4 Å². The first kappa shape index (κ1) is 23.1. The van der Waals surface area contributed by atoms with Crippen LogP contribution < -0.4 is 10.2 Å². The van der Waals surface area contributed by atoms with Crippen LogP contribution >= 0.6 is 0 Å². The number of pyridine rings is 1. The Labute approximate surface area is 183 Å². The molecule has 0 radical (unpaired) electrons. The average molecular weight is 428 g/mol. The van der Waals surface area contributed by atoms with Crippen LogP contribution in [-0.4, -0.2) is 35.0 Å². The summed E-state index contributed by atoms with van der Waals surface area (Å²) in [5, 5.41) is 10.1. The van der Waals surface area contributed by atoms with Gasteiger partial charge in [-0.2, -0.15) is 0 Å². The molecule has 2 aromatic rings. The summed E-state index contributed by atoms with van der Waals surface area (Å²) in [4.78, 5) is 25.3. The maximum absolute atomic E-state index is 12.8. The highest BCUT2D eigenvalue weighted by Gasteiger charge is 2.37. The highest BCUT2D eigenvalue weighted by molar-refractivity contribution is 5.89. The van der Waals surface area contributed by atoms with Crippen LogP contribution in [-0.2, 0) is 16.7 Å². The van der Waals surface area contributed by atoms with E-state index in [0.717, 1.165) is 38.5 Å². The first-order chi connectivity index (χ1) is 15.0. The minimum atomic E-state index is -0.630. The molecule has 0 unspecified atom stereocenters. The number of hydrogen-bond acceptors (Lipinski definition) is 5. The first-order valence-corrected chi connectivity index (χ1v) is 11.3. The normalized spacial score (nSPS) is 20.9. The van der Waals surface area contributed by atoms with Crippen molar-refractivity contribution in [2.75, 3.05) is 13.2 Å². The molecule has 1 aliphatic rings. The van der Waals surface area contributed by atoms with Gasteiger partial charge in [0, 0.05) is 18.2 Å². The Morgan fingerprint density at radius 3 is 2.52 bits per heavy atom. The molecule has 3 rings (SSSR count). The van der Waals surface area contributed by atoms with Crippen LogP contribution in [0.15, 0.2) is 47.5 Å². The van der Waals surface area contributed by atoms with Crippen molar-refractivity contribution in [1.82, 2.24) is 4.57 Å². The fraction of sp³-hybridized carbons (Fsp3) is 0.520. The van der Waals surface area contributed by atoms with Crippen LogP contribution in [0.5, 0.6) is 5.75 Å². The highest BCUT2D eigenvalue weighted by atomic mass is 16.5. The number of hydrogen-bond donors (Lipinski definition) is 1. The summed E-state index contributed by atoms with van der Waals surface area (Å²) in [6, 6.07) is 10.3. The first-order valence-electron chi connectivity index (χ1n) is 11.3. The van der Waals surface area contributed by atoms with E-state index in [4.69, 9.17) is 9.47 Å². The van der Waals surface area contributed by atoms with Gasteiger partial charge in [-0.3, -0.25) is 4.79 Å². The minimum absolute atomic E-state index is 0.00472. The molecule has 6 heteroatoms. The number of carbonyl (C=O) groups excluding carboxylic acids is 1. The Morgan fingerprint density at radius 2 is 1.87 bits per heavy atom. The molecule has 0 saturated heterocycles. The summed E-state index contributed by atoms with van der Waals surface area (Å²) in [7, 11) is 0. The van der Waals surface area contributed by atoms with Crippen LogP contribution in [0.3, 0.4) is 0 Å². The smallest absolute Gasteiger partial charge is 0.343 e. The van der Waals surface area contributed by atoms with Gasteiger partial charge in [0.05, 0.1) is 25.5 Å². The summed E-state index contributed by atoms with van der Waals surface area (Å²) < 4.78 is 12.8. The number of aromatic nitrogens is 1. The summed E-state index contributed by atoms with van der Waals surface area (Å²) in [6.07, 6.45) is 7.88. The van der Waals surface area contributed by atoms with Crippen LogP contribution in [0.4, 0.5) is 0 Å². The molecule has 1 saturated carbocycles. The van der Waals surface area contributed by atoms with Crippen molar-refractivity contribution in [3.8, 4) is 5.75 Å². The lowest BCUT2D eigenvalue weighted by Crippen LogP contribution is -2.38. The molecule has 6 nitrogen and oxygen atoms in total. The highest BCUT2D eigenvalue weighted by Crippen LogP contribution is 2.41. The van der Waals surface area contributed by atoms with E-state index in [1.165, 1.54) is 5.56 Å².